The molecule has 1 aromatic carbocycles. The Bertz CT molecular complexity index is 880. The number of non-ortho nitro benzene ring substituents is 1. The number of nitro benzene ring substituents is 1. The second-order valence-corrected chi connectivity index (χ2v) is 6.04. The summed E-state index contributed by atoms with van der Waals surface area (Å²) in [6.07, 6.45) is 3.32. The van der Waals surface area contributed by atoms with Crippen molar-refractivity contribution in [1.29, 1.82) is 0 Å². The maximum absolute atomic E-state index is 12.4. The van der Waals surface area contributed by atoms with Gasteiger partial charge in [-0.15, -0.1) is 17.5 Å². The van der Waals surface area contributed by atoms with E-state index >= 15 is 0 Å². The van der Waals surface area contributed by atoms with E-state index in [9.17, 15) is 19.7 Å². The predicted molar refractivity (Wildman–Crippen MR) is 101 cm³/mol. The molecule has 0 unspecified atom stereocenters. The molecule has 0 spiro atoms. The molecule has 2 aromatic rings. The maximum Gasteiger partial charge on any atom is 0.338 e. The number of halogens is 1. The van der Waals surface area contributed by atoms with Gasteiger partial charge in [0.15, 0.2) is 5.69 Å². The fraction of sp³-hybridized carbons (Fsp3) is 0.375. The third-order valence-electron chi connectivity index (χ3n) is 4.23. The van der Waals surface area contributed by atoms with Crippen molar-refractivity contribution >= 4 is 35.7 Å². The van der Waals surface area contributed by atoms with Crippen LogP contribution in [0.15, 0.2) is 24.4 Å². The van der Waals surface area contributed by atoms with E-state index < -0.39 is 16.8 Å². The molecule has 150 valence electrons. The monoisotopic (exact) mass is 410 g/mol. The molecule has 1 aromatic heterocycles. The van der Waals surface area contributed by atoms with E-state index in [4.69, 9.17) is 0 Å². The Balaban J connectivity index is 0.00000280. The molecule has 0 aliphatic carbocycles. The fourth-order valence-corrected chi connectivity index (χ4v) is 2.85. The quantitative estimate of drug-likeness (QED) is 0.429. The number of rotatable bonds is 5. The van der Waals surface area contributed by atoms with E-state index in [2.05, 4.69) is 25.7 Å². The van der Waals surface area contributed by atoms with Crippen LogP contribution >= 0.6 is 12.4 Å². The van der Waals surface area contributed by atoms with Gasteiger partial charge in [0.2, 0.25) is 0 Å². The van der Waals surface area contributed by atoms with Crippen molar-refractivity contribution in [2.75, 3.05) is 25.5 Å². The summed E-state index contributed by atoms with van der Waals surface area (Å²) < 4.78 is 6.24. The number of piperidine rings is 1. The van der Waals surface area contributed by atoms with Gasteiger partial charge in [0.25, 0.3) is 11.6 Å². The smallest absolute Gasteiger partial charge is 0.338 e. The van der Waals surface area contributed by atoms with Crippen molar-refractivity contribution in [2.24, 2.45) is 0 Å². The van der Waals surface area contributed by atoms with Gasteiger partial charge in [-0.3, -0.25) is 14.9 Å². The molecule has 28 heavy (non-hydrogen) atoms. The average Bonchev–Trinajstić information content (AvgIpc) is 3.18. The van der Waals surface area contributed by atoms with Gasteiger partial charge in [0.05, 0.1) is 29.8 Å². The van der Waals surface area contributed by atoms with Crippen LogP contribution in [0.4, 0.5) is 11.4 Å². The highest BCUT2D eigenvalue weighted by Gasteiger charge is 2.20. The average molecular weight is 411 g/mol. The number of anilines is 1. The van der Waals surface area contributed by atoms with Crippen molar-refractivity contribution in [2.45, 2.75) is 18.9 Å². The third-order valence-corrected chi connectivity index (χ3v) is 4.23. The van der Waals surface area contributed by atoms with Crippen molar-refractivity contribution in [1.82, 2.24) is 20.3 Å². The minimum absolute atomic E-state index is 0. The van der Waals surface area contributed by atoms with Gasteiger partial charge in [0, 0.05) is 17.8 Å². The van der Waals surface area contributed by atoms with Crippen LogP contribution in [-0.4, -0.2) is 52.0 Å². The summed E-state index contributed by atoms with van der Waals surface area (Å²) in [5.41, 5.74) is -0.211. The summed E-state index contributed by atoms with van der Waals surface area (Å²) in [5, 5.41) is 24.7. The zero-order chi connectivity index (χ0) is 19.4. The van der Waals surface area contributed by atoms with E-state index in [1.807, 2.05) is 0 Å². The topological polar surface area (TPSA) is 141 Å². The van der Waals surface area contributed by atoms with E-state index in [1.165, 1.54) is 13.2 Å². The first-order chi connectivity index (χ1) is 13.0. The Morgan fingerprint density at radius 2 is 2.04 bits per heavy atom. The lowest BCUT2D eigenvalue weighted by atomic mass is 10.1. The van der Waals surface area contributed by atoms with Gasteiger partial charge in [0.1, 0.15) is 0 Å². The number of hydrogen-bond acceptors (Lipinski definition) is 8. The van der Waals surface area contributed by atoms with Crippen LogP contribution in [0.5, 0.6) is 0 Å². The second kappa shape index (κ2) is 9.24. The molecule has 11 nitrogen and oxygen atoms in total. The first-order valence-corrected chi connectivity index (χ1v) is 8.29. The summed E-state index contributed by atoms with van der Waals surface area (Å²) in [6.45, 7) is 1.74. The molecule has 0 saturated carbocycles. The van der Waals surface area contributed by atoms with E-state index in [1.54, 1.807) is 10.9 Å². The van der Waals surface area contributed by atoms with Crippen LogP contribution in [0.25, 0.3) is 0 Å². The van der Waals surface area contributed by atoms with Crippen LogP contribution in [0.3, 0.4) is 0 Å². The molecule has 1 fully saturated rings. The van der Waals surface area contributed by atoms with Crippen LogP contribution in [-0.2, 0) is 4.74 Å². The number of carbonyl (C=O) groups excluding carboxylic acids is 2. The molecule has 3 rings (SSSR count). The molecule has 2 N–H and O–H groups in total. The van der Waals surface area contributed by atoms with Gasteiger partial charge < -0.3 is 15.4 Å². The molecule has 2 heterocycles. The summed E-state index contributed by atoms with van der Waals surface area (Å²) in [4.78, 5) is 34.5. The first-order valence-electron chi connectivity index (χ1n) is 8.29. The Hall–Kier alpha value is -3.05. The Morgan fingerprint density at radius 1 is 1.32 bits per heavy atom. The van der Waals surface area contributed by atoms with Crippen molar-refractivity contribution < 1.29 is 19.2 Å². The number of aromatic nitrogens is 3. The Morgan fingerprint density at radius 3 is 2.68 bits per heavy atom. The van der Waals surface area contributed by atoms with Crippen LogP contribution in [0.2, 0.25) is 0 Å². The number of esters is 1. The van der Waals surface area contributed by atoms with Crippen LogP contribution in [0.1, 0.15) is 39.7 Å². The van der Waals surface area contributed by atoms with E-state index in [0.717, 1.165) is 38.1 Å². The standard InChI is InChI=1S/C16H18N6O5.ClH/c1-27-16(24)10-6-11(8-13(7-10)22(25)26)18-15(23)14-9-21(20-19-14)12-2-4-17-5-3-12;/h6-9,12,17H,2-5H2,1H3,(H,18,23);1H. The zero-order valence-electron chi connectivity index (χ0n) is 15.0. The van der Waals surface area contributed by atoms with Gasteiger partial charge in [-0.1, -0.05) is 5.21 Å². The van der Waals surface area contributed by atoms with Crippen molar-refractivity contribution in [3.8, 4) is 0 Å². The van der Waals surface area contributed by atoms with E-state index in [0.29, 0.717) is 0 Å². The summed E-state index contributed by atoms with van der Waals surface area (Å²) in [5.74, 6) is -1.32. The lowest BCUT2D eigenvalue weighted by Crippen LogP contribution is -2.29. The third kappa shape index (κ3) is 4.81. The largest absolute Gasteiger partial charge is 0.465 e. The molecule has 1 amide bonds. The molecule has 1 aliphatic heterocycles. The van der Waals surface area contributed by atoms with Gasteiger partial charge in [-0.05, 0) is 32.0 Å². The molecule has 12 heteroatoms. The second-order valence-electron chi connectivity index (χ2n) is 6.04. The highest BCUT2D eigenvalue weighted by atomic mass is 35.5. The number of ether oxygens (including phenoxy) is 1. The van der Waals surface area contributed by atoms with Gasteiger partial charge in [-0.2, -0.15) is 0 Å². The first kappa shape index (κ1) is 21.3. The summed E-state index contributed by atoms with van der Waals surface area (Å²) >= 11 is 0. The minimum Gasteiger partial charge on any atom is -0.465 e. The molecule has 0 atom stereocenters. The molecule has 0 bridgehead atoms. The lowest BCUT2D eigenvalue weighted by molar-refractivity contribution is -0.384. The molecule has 1 saturated heterocycles. The van der Waals surface area contributed by atoms with Crippen LogP contribution in [0, 0.1) is 10.1 Å². The number of benzene rings is 1. The van der Waals surface area contributed by atoms with Crippen molar-refractivity contribution in [3.05, 3.63) is 45.8 Å². The van der Waals surface area contributed by atoms with E-state index in [-0.39, 0.29) is 41.1 Å². The highest BCUT2D eigenvalue weighted by Crippen LogP contribution is 2.22. The number of nitrogens with one attached hydrogen (secondary N) is 2. The number of hydrogen-bond donors (Lipinski definition) is 2. The van der Waals surface area contributed by atoms with Gasteiger partial charge >= 0.3 is 5.97 Å². The highest BCUT2D eigenvalue weighted by molar-refractivity contribution is 6.03. The summed E-state index contributed by atoms with van der Waals surface area (Å²) in [7, 11) is 1.17. The Labute approximate surface area is 166 Å². The van der Waals surface area contributed by atoms with Crippen LogP contribution < -0.4 is 10.6 Å². The number of methoxy groups -OCH3 is 1. The predicted octanol–water partition coefficient (Wildman–Crippen LogP) is 1.57. The zero-order valence-corrected chi connectivity index (χ0v) is 15.8. The Kier molecular flexibility index (Phi) is 7.01. The van der Waals surface area contributed by atoms with Gasteiger partial charge in [-0.25, -0.2) is 9.48 Å². The number of carbonyl (C=O) groups is 2. The maximum atomic E-state index is 12.4. The normalized spacial score (nSPS) is 14.0. The SMILES string of the molecule is COC(=O)c1cc(NC(=O)c2cn(C3CCNCC3)nn2)cc([N+](=O)[O-])c1.Cl. The molecular weight excluding hydrogens is 392 g/mol. The molecule has 0 radical (unpaired) electrons. The number of nitrogens with zero attached hydrogens (tertiary/aromatic N) is 4. The number of amides is 1. The summed E-state index contributed by atoms with van der Waals surface area (Å²) in [6, 6.07) is 3.70. The fourth-order valence-electron chi connectivity index (χ4n) is 2.85. The molecular formula is C16H19ClN6O5. The molecule has 1 aliphatic rings. The number of nitro groups is 1. The minimum atomic E-state index is -0.744. The van der Waals surface area contributed by atoms with Crippen molar-refractivity contribution in [3.63, 3.8) is 0 Å². The lowest BCUT2D eigenvalue weighted by Gasteiger charge is -2.22.